The Balaban J connectivity index is 1.71. The van der Waals surface area contributed by atoms with Gasteiger partial charge in [-0.15, -0.1) is 0 Å². The van der Waals surface area contributed by atoms with Gasteiger partial charge in [0.1, 0.15) is 17.6 Å². The fourth-order valence-electron chi connectivity index (χ4n) is 2.28. The van der Waals surface area contributed by atoms with E-state index in [2.05, 4.69) is 5.32 Å². The summed E-state index contributed by atoms with van der Waals surface area (Å²) in [5, 5.41) is 2.89. The van der Waals surface area contributed by atoms with Gasteiger partial charge in [-0.3, -0.25) is 4.79 Å². The van der Waals surface area contributed by atoms with E-state index in [4.69, 9.17) is 15.2 Å². The third-order valence-electron chi connectivity index (χ3n) is 3.66. The lowest BCUT2D eigenvalue weighted by Crippen LogP contribution is -2.33. The number of hydrogen-bond acceptors (Lipinski definition) is 4. The molecule has 0 aliphatic heterocycles. The van der Waals surface area contributed by atoms with Crippen LogP contribution in [-0.4, -0.2) is 25.7 Å². The summed E-state index contributed by atoms with van der Waals surface area (Å²) in [5.41, 5.74) is 7.59. The van der Waals surface area contributed by atoms with Gasteiger partial charge in [0, 0.05) is 12.1 Å². The lowest BCUT2D eigenvalue weighted by molar-refractivity contribution is -0.121. The molecule has 128 valence electrons. The molecule has 0 aliphatic rings. The number of aryl methyl sites for hydroxylation is 1. The second-order valence-electron chi connectivity index (χ2n) is 5.61. The van der Waals surface area contributed by atoms with Crippen LogP contribution >= 0.6 is 0 Å². The number of nitrogens with one attached hydrogen (secondary N) is 1. The predicted molar refractivity (Wildman–Crippen MR) is 95.3 cm³/mol. The topological polar surface area (TPSA) is 73.6 Å². The molecule has 0 saturated carbocycles. The summed E-state index contributed by atoms with van der Waals surface area (Å²) in [6, 6.07) is 15.0. The van der Waals surface area contributed by atoms with Crippen LogP contribution in [-0.2, 0) is 11.2 Å². The van der Waals surface area contributed by atoms with Gasteiger partial charge in [-0.2, -0.15) is 0 Å². The SMILES string of the molecule is COc1ccc(OC(C)CNC(=O)CCc2ccccc2N)cc1. The van der Waals surface area contributed by atoms with E-state index in [1.54, 1.807) is 7.11 Å². The van der Waals surface area contributed by atoms with Crippen LogP contribution in [0, 0.1) is 0 Å². The number of rotatable bonds is 8. The van der Waals surface area contributed by atoms with E-state index in [0.29, 0.717) is 19.4 Å². The van der Waals surface area contributed by atoms with Gasteiger partial charge in [-0.05, 0) is 49.2 Å². The van der Waals surface area contributed by atoms with Crippen LogP contribution in [0.4, 0.5) is 5.69 Å². The number of nitrogen functional groups attached to an aromatic ring is 1. The summed E-state index contributed by atoms with van der Waals surface area (Å²) in [6.07, 6.45) is 0.916. The summed E-state index contributed by atoms with van der Waals surface area (Å²) >= 11 is 0. The number of hydrogen-bond donors (Lipinski definition) is 2. The number of carbonyl (C=O) groups excluding carboxylic acids is 1. The molecule has 2 aromatic rings. The number of benzene rings is 2. The van der Waals surface area contributed by atoms with Crippen molar-refractivity contribution in [1.82, 2.24) is 5.32 Å². The van der Waals surface area contributed by atoms with E-state index in [0.717, 1.165) is 22.7 Å². The molecule has 5 heteroatoms. The Hall–Kier alpha value is -2.69. The molecule has 0 heterocycles. The van der Waals surface area contributed by atoms with Crippen molar-refractivity contribution in [3.05, 3.63) is 54.1 Å². The molecule has 1 amide bonds. The average Bonchev–Trinajstić information content (AvgIpc) is 2.60. The van der Waals surface area contributed by atoms with Crippen LogP contribution in [0.2, 0.25) is 0 Å². The first kappa shape index (κ1) is 17.7. The smallest absolute Gasteiger partial charge is 0.220 e. The highest BCUT2D eigenvalue weighted by Crippen LogP contribution is 2.18. The molecule has 1 atom stereocenters. The Kier molecular flexibility index (Phi) is 6.49. The highest BCUT2D eigenvalue weighted by molar-refractivity contribution is 5.76. The van der Waals surface area contributed by atoms with Gasteiger partial charge in [0.05, 0.1) is 13.7 Å². The standard InChI is InChI=1S/C19H24N2O3/c1-14(24-17-10-8-16(23-2)9-11-17)13-21-19(22)12-7-15-5-3-4-6-18(15)20/h3-6,8-11,14H,7,12-13,20H2,1-2H3,(H,21,22). The molecule has 2 rings (SSSR count). The Morgan fingerprint density at radius 2 is 1.79 bits per heavy atom. The van der Waals surface area contributed by atoms with Gasteiger partial charge < -0.3 is 20.5 Å². The number of carbonyl (C=O) groups is 1. The van der Waals surface area contributed by atoms with Crippen molar-refractivity contribution in [3.63, 3.8) is 0 Å². The van der Waals surface area contributed by atoms with E-state index >= 15 is 0 Å². The van der Waals surface area contributed by atoms with Gasteiger partial charge in [-0.1, -0.05) is 18.2 Å². The molecule has 1 unspecified atom stereocenters. The molecular weight excluding hydrogens is 304 g/mol. The molecule has 0 saturated heterocycles. The Labute approximate surface area is 142 Å². The molecule has 24 heavy (non-hydrogen) atoms. The number of para-hydroxylation sites is 1. The van der Waals surface area contributed by atoms with Crippen molar-refractivity contribution in [2.24, 2.45) is 0 Å². The minimum Gasteiger partial charge on any atom is -0.497 e. The molecule has 0 bridgehead atoms. The minimum absolute atomic E-state index is 0.0107. The highest BCUT2D eigenvalue weighted by Gasteiger charge is 2.08. The Morgan fingerprint density at radius 1 is 1.12 bits per heavy atom. The summed E-state index contributed by atoms with van der Waals surface area (Å²) in [4.78, 5) is 11.9. The summed E-state index contributed by atoms with van der Waals surface area (Å²) in [6.45, 7) is 2.37. The summed E-state index contributed by atoms with van der Waals surface area (Å²) in [7, 11) is 1.62. The molecule has 3 N–H and O–H groups in total. The first-order chi connectivity index (χ1) is 11.6. The van der Waals surface area contributed by atoms with Crippen molar-refractivity contribution in [2.75, 3.05) is 19.4 Å². The Bertz CT molecular complexity index is 656. The first-order valence-corrected chi connectivity index (χ1v) is 7.99. The van der Waals surface area contributed by atoms with Crippen LogP contribution in [0.5, 0.6) is 11.5 Å². The predicted octanol–water partition coefficient (Wildman–Crippen LogP) is 2.79. The van der Waals surface area contributed by atoms with Crippen LogP contribution in [0.15, 0.2) is 48.5 Å². The first-order valence-electron chi connectivity index (χ1n) is 7.99. The van der Waals surface area contributed by atoms with Crippen molar-refractivity contribution >= 4 is 11.6 Å². The zero-order chi connectivity index (χ0) is 17.4. The minimum atomic E-state index is -0.121. The molecule has 0 aliphatic carbocycles. The van der Waals surface area contributed by atoms with Gasteiger partial charge in [0.25, 0.3) is 0 Å². The van der Waals surface area contributed by atoms with Crippen LogP contribution in [0.1, 0.15) is 18.9 Å². The Morgan fingerprint density at radius 3 is 2.46 bits per heavy atom. The molecular formula is C19H24N2O3. The molecule has 0 aromatic heterocycles. The third-order valence-corrected chi connectivity index (χ3v) is 3.66. The maximum atomic E-state index is 11.9. The number of methoxy groups -OCH3 is 1. The quantitative estimate of drug-likeness (QED) is 0.731. The number of anilines is 1. The maximum Gasteiger partial charge on any atom is 0.220 e. The lowest BCUT2D eigenvalue weighted by atomic mass is 10.1. The fraction of sp³-hybridized carbons (Fsp3) is 0.316. The lowest BCUT2D eigenvalue weighted by Gasteiger charge is -2.16. The maximum absolute atomic E-state index is 11.9. The van der Waals surface area contributed by atoms with Gasteiger partial charge in [0.2, 0.25) is 5.91 Å². The monoisotopic (exact) mass is 328 g/mol. The highest BCUT2D eigenvalue weighted by atomic mass is 16.5. The largest absolute Gasteiger partial charge is 0.497 e. The van der Waals surface area contributed by atoms with E-state index in [-0.39, 0.29) is 12.0 Å². The zero-order valence-electron chi connectivity index (χ0n) is 14.1. The van der Waals surface area contributed by atoms with Crippen LogP contribution < -0.4 is 20.5 Å². The molecule has 0 fully saturated rings. The van der Waals surface area contributed by atoms with E-state index in [9.17, 15) is 4.79 Å². The van der Waals surface area contributed by atoms with Crippen LogP contribution in [0.3, 0.4) is 0 Å². The second kappa shape index (κ2) is 8.82. The second-order valence-corrected chi connectivity index (χ2v) is 5.61. The van der Waals surface area contributed by atoms with Crippen molar-refractivity contribution in [3.8, 4) is 11.5 Å². The number of ether oxygens (including phenoxy) is 2. The summed E-state index contributed by atoms with van der Waals surface area (Å²) < 4.78 is 10.9. The van der Waals surface area contributed by atoms with E-state index in [1.807, 2.05) is 55.5 Å². The molecule has 2 aromatic carbocycles. The number of amides is 1. The van der Waals surface area contributed by atoms with E-state index < -0.39 is 0 Å². The average molecular weight is 328 g/mol. The van der Waals surface area contributed by atoms with Gasteiger partial charge >= 0.3 is 0 Å². The van der Waals surface area contributed by atoms with E-state index in [1.165, 1.54) is 0 Å². The molecule has 0 radical (unpaired) electrons. The van der Waals surface area contributed by atoms with Gasteiger partial charge in [0.15, 0.2) is 0 Å². The molecule has 0 spiro atoms. The fourth-order valence-corrected chi connectivity index (χ4v) is 2.28. The van der Waals surface area contributed by atoms with Gasteiger partial charge in [-0.25, -0.2) is 0 Å². The van der Waals surface area contributed by atoms with Crippen LogP contribution in [0.25, 0.3) is 0 Å². The third kappa shape index (κ3) is 5.50. The van der Waals surface area contributed by atoms with Crippen molar-refractivity contribution < 1.29 is 14.3 Å². The zero-order valence-corrected chi connectivity index (χ0v) is 14.1. The number of nitrogens with two attached hydrogens (primary N) is 1. The normalized spacial score (nSPS) is 11.6. The van der Waals surface area contributed by atoms with Crippen molar-refractivity contribution in [1.29, 1.82) is 0 Å². The summed E-state index contributed by atoms with van der Waals surface area (Å²) in [5.74, 6) is 1.52. The molecule has 5 nitrogen and oxygen atoms in total. The van der Waals surface area contributed by atoms with Crippen molar-refractivity contribution in [2.45, 2.75) is 25.9 Å².